The standard InChI is InChI=1S/C22H42O8/c1-2-3-4-5-6-7-8-9-10-11-12-13-18(25)30-21(22-28-14-15-29-22)20(27)19(26)17(24)16-23/h17,19-24,26-27H,2-16H2,1H3/t17-,19-,20+,21+/m1/s1. The molecule has 0 saturated carbocycles. The first-order valence-corrected chi connectivity index (χ1v) is 11.6. The molecule has 0 aromatic rings. The molecule has 0 aromatic heterocycles. The van der Waals surface area contributed by atoms with Crippen molar-refractivity contribution in [1.29, 1.82) is 0 Å². The van der Waals surface area contributed by atoms with Crippen LogP contribution in [0.1, 0.15) is 84.0 Å². The number of carbonyl (C=O) groups excluding carboxylic acids is 1. The molecule has 4 atom stereocenters. The molecule has 8 heteroatoms. The Morgan fingerprint density at radius 3 is 1.87 bits per heavy atom. The lowest BCUT2D eigenvalue weighted by molar-refractivity contribution is -0.210. The van der Waals surface area contributed by atoms with Crippen LogP contribution in [0.25, 0.3) is 0 Å². The number of esters is 1. The number of hydrogen-bond acceptors (Lipinski definition) is 8. The first kappa shape index (κ1) is 27.3. The summed E-state index contributed by atoms with van der Waals surface area (Å²) in [6, 6.07) is 0. The summed E-state index contributed by atoms with van der Waals surface area (Å²) in [5.74, 6) is -0.514. The van der Waals surface area contributed by atoms with Crippen LogP contribution in [0.3, 0.4) is 0 Å². The molecule has 1 heterocycles. The highest BCUT2D eigenvalue weighted by atomic mass is 16.7. The maximum Gasteiger partial charge on any atom is 0.306 e. The Morgan fingerprint density at radius 1 is 0.867 bits per heavy atom. The van der Waals surface area contributed by atoms with E-state index in [1.54, 1.807) is 0 Å². The van der Waals surface area contributed by atoms with Crippen molar-refractivity contribution < 1.29 is 39.4 Å². The van der Waals surface area contributed by atoms with E-state index in [1.807, 2.05) is 0 Å². The van der Waals surface area contributed by atoms with Gasteiger partial charge in [-0.25, -0.2) is 0 Å². The minimum atomic E-state index is -1.69. The van der Waals surface area contributed by atoms with Crippen LogP contribution in [-0.2, 0) is 19.0 Å². The predicted molar refractivity (Wildman–Crippen MR) is 112 cm³/mol. The van der Waals surface area contributed by atoms with E-state index in [1.165, 1.54) is 51.4 Å². The van der Waals surface area contributed by atoms with Gasteiger partial charge in [-0.15, -0.1) is 0 Å². The van der Waals surface area contributed by atoms with E-state index in [0.29, 0.717) is 6.42 Å². The second-order valence-corrected chi connectivity index (χ2v) is 8.08. The fourth-order valence-corrected chi connectivity index (χ4v) is 3.53. The van der Waals surface area contributed by atoms with E-state index in [-0.39, 0.29) is 19.6 Å². The Morgan fingerprint density at radius 2 is 1.37 bits per heavy atom. The zero-order chi connectivity index (χ0) is 22.2. The van der Waals surface area contributed by atoms with E-state index < -0.39 is 43.3 Å². The van der Waals surface area contributed by atoms with E-state index >= 15 is 0 Å². The van der Waals surface area contributed by atoms with Gasteiger partial charge < -0.3 is 34.6 Å². The zero-order valence-corrected chi connectivity index (χ0v) is 18.4. The molecule has 0 spiro atoms. The third kappa shape index (κ3) is 11.0. The van der Waals surface area contributed by atoms with Crippen molar-refractivity contribution >= 4 is 5.97 Å². The van der Waals surface area contributed by atoms with Crippen LogP contribution in [0.15, 0.2) is 0 Å². The molecular weight excluding hydrogens is 392 g/mol. The molecule has 0 aromatic carbocycles. The van der Waals surface area contributed by atoms with Crippen molar-refractivity contribution in [2.24, 2.45) is 0 Å². The van der Waals surface area contributed by atoms with Crippen LogP contribution in [0.5, 0.6) is 0 Å². The molecule has 1 saturated heterocycles. The molecule has 0 aliphatic carbocycles. The van der Waals surface area contributed by atoms with Gasteiger partial charge in [-0.2, -0.15) is 0 Å². The summed E-state index contributed by atoms with van der Waals surface area (Å²) in [6.45, 7) is 2.05. The first-order valence-electron chi connectivity index (χ1n) is 11.6. The molecular formula is C22H42O8. The molecule has 30 heavy (non-hydrogen) atoms. The van der Waals surface area contributed by atoms with Gasteiger partial charge in [0.15, 0.2) is 12.4 Å². The minimum Gasteiger partial charge on any atom is -0.454 e. The summed E-state index contributed by atoms with van der Waals surface area (Å²) >= 11 is 0. The summed E-state index contributed by atoms with van der Waals surface area (Å²) in [5.41, 5.74) is 0. The Kier molecular flexibility index (Phi) is 15.3. The third-order valence-electron chi connectivity index (χ3n) is 5.44. The number of hydrogen-bond donors (Lipinski definition) is 4. The van der Waals surface area contributed by atoms with Gasteiger partial charge in [0.2, 0.25) is 0 Å². The highest BCUT2D eigenvalue weighted by Crippen LogP contribution is 2.20. The maximum absolute atomic E-state index is 12.2. The Bertz CT molecular complexity index is 427. The van der Waals surface area contributed by atoms with E-state index in [2.05, 4.69) is 6.92 Å². The summed E-state index contributed by atoms with van der Waals surface area (Å²) < 4.78 is 15.9. The number of unbranched alkanes of at least 4 members (excludes halogenated alkanes) is 10. The highest BCUT2D eigenvalue weighted by Gasteiger charge is 2.41. The monoisotopic (exact) mass is 434 g/mol. The van der Waals surface area contributed by atoms with Crippen molar-refractivity contribution in [2.45, 2.75) is 115 Å². The number of aliphatic hydroxyl groups excluding tert-OH is 4. The van der Waals surface area contributed by atoms with Crippen LogP contribution in [0.4, 0.5) is 0 Å². The van der Waals surface area contributed by atoms with Gasteiger partial charge in [0.25, 0.3) is 0 Å². The van der Waals surface area contributed by atoms with Crippen LogP contribution in [0, 0.1) is 0 Å². The molecule has 0 unspecified atom stereocenters. The van der Waals surface area contributed by atoms with Crippen molar-refractivity contribution in [1.82, 2.24) is 0 Å². The Labute approximate surface area is 180 Å². The Hall–Kier alpha value is -0.770. The summed E-state index contributed by atoms with van der Waals surface area (Å²) in [5, 5.41) is 38.8. The molecule has 0 bridgehead atoms. The van der Waals surface area contributed by atoms with Gasteiger partial charge in [-0.05, 0) is 6.42 Å². The van der Waals surface area contributed by atoms with Crippen molar-refractivity contribution in [3.63, 3.8) is 0 Å². The largest absolute Gasteiger partial charge is 0.454 e. The van der Waals surface area contributed by atoms with Gasteiger partial charge in [0, 0.05) is 6.42 Å². The predicted octanol–water partition coefficient (Wildman–Crippen LogP) is 2.05. The lowest BCUT2D eigenvalue weighted by atomic mass is 10.0. The molecule has 1 aliphatic rings. The van der Waals surface area contributed by atoms with Crippen molar-refractivity contribution in [3.8, 4) is 0 Å². The number of aliphatic hydroxyl groups is 4. The van der Waals surface area contributed by atoms with Crippen LogP contribution in [0.2, 0.25) is 0 Å². The highest BCUT2D eigenvalue weighted by molar-refractivity contribution is 5.69. The average Bonchev–Trinajstić information content (AvgIpc) is 3.28. The van der Waals surface area contributed by atoms with Gasteiger partial charge >= 0.3 is 5.97 Å². The molecule has 4 N–H and O–H groups in total. The second kappa shape index (κ2) is 16.9. The van der Waals surface area contributed by atoms with Gasteiger partial charge in [0.1, 0.15) is 18.3 Å². The quantitative estimate of drug-likeness (QED) is 0.191. The fraction of sp³-hybridized carbons (Fsp3) is 0.955. The average molecular weight is 435 g/mol. The lowest BCUT2D eigenvalue weighted by Crippen LogP contribution is -2.52. The summed E-state index contributed by atoms with van der Waals surface area (Å²) in [4.78, 5) is 12.2. The molecule has 0 radical (unpaired) electrons. The van der Waals surface area contributed by atoms with E-state index in [9.17, 15) is 20.1 Å². The molecule has 1 aliphatic heterocycles. The van der Waals surface area contributed by atoms with Gasteiger partial charge in [-0.1, -0.05) is 71.1 Å². The third-order valence-corrected chi connectivity index (χ3v) is 5.44. The number of ether oxygens (including phenoxy) is 3. The SMILES string of the molecule is CCCCCCCCCCCCCC(=O)O[C@H](C1OCCO1)[C@@H](O)[C@H](O)[C@H](O)CO. The van der Waals surface area contributed by atoms with Crippen molar-refractivity contribution in [3.05, 3.63) is 0 Å². The number of rotatable bonds is 18. The molecule has 0 amide bonds. The topological polar surface area (TPSA) is 126 Å². The Balaban J connectivity index is 2.24. The maximum atomic E-state index is 12.2. The normalized spacial score (nSPS) is 18.8. The zero-order valence-electron chi connectivity index (χ0n) is 18.4. The smallest absolute Gasteiger partial charge is 0.306 e. The summed E-state index contributed by atoms with van der Waals surface area (Å²) in [7, 11) is 0. The molecule has 1 rings (SSSR count). The van der Waals surface area contributed by atoms with Crippen LogP contribution < -0.4 is 0 Å². The van der Waals surface area contributed by atoms with Gasteiger partial charge in [-0.3, -0.25) is 4.79 Å². The van der Waals surface area contributed by atoms with Crippen LogP contribution in [-0.4, -0.2) is 76.9 Å². The molecule has 1 fully saturated rings. The fourth-order valence-electron chi connectivity index (χ4n) is 3.53. The lowest BCUT2D eigenvalue weighted by Gasteiger charge is -2.31. The van der Waals surface area contributed by atoms with Gasteiger partial charge in [0.05, 0.1) is 19.8 Å². The summed E-state index contributed by atoms with van der Waals surface area (Å²) in [6.07, 6.45) is 5.94. The molecule has 178 valence electrons. The van der Waals surface area contributed by atoms with E-state index in [0.717, 1.165) is 12.8 Å². The minimum absolute atomic E-state index is 0.200. The van der Waals surface area contributed by atoms with E-state index in [4.69, 9.17) is 19.3 Å². The molecule has 8 nitrogen and oxygen atoms in total. The first-order chi connectivity index (χ1) is 14.5. The van der Waals surface area contributed by atoms with Crippen molar-refractivity contribution in [2.75, 3.05) is 19.8 Å². The number of carbonyl (C=O) groups is 1. The second-order valence-electron chi connectivity index (χ2n) is 8.08. The van der Waals surface area contributed by atoms with Crippen LogP contribution >= 0.6 is 0 Å².